The van der Waals surface area contributed by atoms with Gasteiger partial charge in [-0.25, -0.2) is 0 Å². The average molecular weight is 296 g/mol. The Morgan fingerprint density at radius 2 is 1.52 bits per heavy atom. The number of aliphatic carboxylic acids is 1. The van der Waals surface area contributed by atoms with Crippen LogP contribution in [0.2, 0.25) is 0 Å². The summed E-state index contributed by atoms with van der Waals surface area (Å²) in [6, 6.07) is 0. The maximum absolute atomic E-state index is 10.3. The summed E-state index contributed by atoms with van der Waals surface area (Å²) >= 11 is 0. The lowest BCUT2D eigenvalue weighted by Gasteiger charge is -2.00. The minimum Gasteiger partial charge on any atom is -0.481 e. The van der Waals surface area contributed by atoms with Crippen LogP contribution in [0, 0.1) is 0 Å². The van der Waals surface area contributed by atoms with Crippen molar-refractivity contribution >= 4 is 5.97 Å². The van der Waals surface area contributed by atoms with E-state index >= 15 is 0 Å². The molecule has 0 bridgehead atoms. The zero-order chi connectivity index (χ0) is 15.8. The molecule has 0 saturated heterocycles. The molecular weight excluding hydrogens is 264 g/mol. The van der Waals surface area contributed by atoms with Crippen molar-refractivity contribution in [1.82, 2.24) is 0 Å². The van der Waals surface area contributed by atoms with Gasteiger partial charge in [-0.05, 0) is 12.8 Å². The van der Waals surface area contributed by atoms with Gasteiger partial charge in [0.05, 0.1) is 12.5 Å². The number of allylic oxidation sites excluding steroid dienone is 3. The first-order valence-electron chi connectivity index (χ1n) is 8.40. The third kappa shape index (κ3) is 16.9. The van der Waals surface area contributed by atoms with E-state index in [1.165, 1.54) is 63.9 Å². The van der Waals surface area contributed by atoms with E-state index in [0.29, 0.717) is 0 Å². The van der Waals surface area contributed by atoms with Gasteiger partial charge >= 0.3 is 5.97 Å². The van der Waals surface area contributed by atoms with Gasteiger partial charge in [0.1, 0.15) is 0 Å². The second kappa shape index (κ2) is 15.3. The van der Waals surface area contributed by atoms with Crippen molar-refractivity contribution in [2.24, 2.45) is 0 Å². The van der Waals surface area contributed by atoms with E-state index in [2.05, 4.69) is 13.0 Å². The fourth-order valence-electron chi connectivity index (χ4n) is 2.19. The van der Waals surface area contributed by atoms with Gasteiger partial charge in [0.2, 0.25) is 0 Å². The summed E-state index contributed by atoms with van der Waals surface area (Å²) in [6.45, 7) is 2.25. The number of hydrogen-bond donors (Lipinski definition) is 2. The first kappa shape index (κ1) is 19.9. The van der Waals surface area contributed by atoms with Crippen molar-refractivity contribution in [3.63, 3.8) is 0 Å². The summed E-state index contributed by atoms with van der Waals surface area (Å²) in [5.41, 5.74) is 0. The Hall–Kier alpha value is -1.09. The van der Waals surface area contributed by atoms with Crippen LogP contribution in [-0.4, -0.2) is 22.3 Å². The molecule has 0 aliphatic rings. The van der Waals surface area contributed by atoms with Gasteiger partial charge in [0, 0.05) is 0 Å². The number of aliphatic hydroxyl groups is 1. The number of rotatable bonds is 14. The Bertz CT molecular complexity index is 295. The molecule has 0 saturated carbocycles. The summed E-state index contributed by atoms with van der Waals surface area (Å²) in [6.07, 6.45) is 19.1. The molecule has 0 aliphatic carbocycles. The lowest BCUT2D eigenvalue weighted by Crippen LogP contribution is -2.09. The number of aliphatic hydroxyl groups excluding tert-OH is 1. The van der Waals surface area contributed by atoms with Gasteiger partial charge < -0.3 is 10.2 Å². The van der Waals surface area contributed by atoms with Crippen LogP contribution in [0.4, 0.5) is 0 Å². The highest BCUT2D eigenvalue weighted by Gasteiger charge is 2.03. The minimum atomic E-state index is -0.981. The van der Waals surface area contributed by atoms with Crippen LogP contribution in [0.15, 0.2) is 24.3 Å². The molecule has 0 fully saturated rings. The molecule has 122 valence electrons. The van der Waals surface area contributed by atoms with Crippen molar-refractivity contribution in [3.05, 3.63) is 24.3 Å². The van der Waals surface area contributed by atoms with Crippen LogP contribution < -0.4 is 0 Å². The van der Waals surface area contributed by atoms with Gasteiger partial charge in [-0.15, -0.1) is 0 Å². The molecule has 0 aliphatic heterocycles. The number of unbranched alkanes of at least 4 members (excludes halogenated alkanes) is 9. The van der Waals surface area contributed by atoms with E-state index in [9.17, 15) is 9.90 Å². The fourth-order valence-corrected chi connectivity index (χ4v) is 2.19. The van der Waals surface area contributed by atoms with Crippen molar-refractivity contribution < 1.29 is 15.0 Å². The topological polar surface area (TPSA) is 57.5 Å². The van der Waals surface area contributed by atoms with Crippen LogP contribution in [0.25, 0.3) is 0 Å². The summed E-state index contributed by atoms with van der Waals surface area (Å²) in [5, 5.41) is 17.8. The molecule has 0 radical (unpaired) electrons. The van der Waals surface area contributed by atoms with E-state index in [1.54, 1.807) is 6.08 Å². The van der Waals surface area contributed by atoms with Crippen LogP contribution in [0.5, 0.6) is 0 Å². The number of carboxylic acid groups (broad SMARTS) is 1. The molecule has 0 aromatic heterocycles. The predicted molar refractivity (Wildman–Crippen MR) is 88.4 cm³/mol. The van der Waals surface area contributed by atoms with E-state index in [1.807, 2.05) is 6.08 Å². The van der Waals surface area contributed by atoms with Crippen LogP contribution in [0.1, 0.15) is 77.6 Å². The summed E-state index contributed by atoms with van der Waals surface area (Å²) < 4.78 is 0. The minimum absolute atomic E-state index is 0.234. The Labute approximate surface area is 129 Å². The molecule has 1 unspecified atom stereocenters. The van der Waals surface area contributed by atoms with Gasteiger partial charge in [0.25, 0.3) is 0 Å². The molecule has 3 heteroatoms. The van der Waals surface area contributed by atoms with Gasteiger partial charge in [-0.2, -0.15) is 0 Å². The molecule has 0 amide bonds. The molecule has 0 heterocycles. The number of carboxylic acids is 1. The second-order valence-corrected chi connectivity index (χ2v) is 5.60. The van der Waals surface area contributed by atoms with Gasteiger partial charge in [-0.3, -0.25) is 4.79 Å². The first-order valence-corrected chi connectivity index (χ1v) is 8.40. The van der Waals surface area contributed by atoms with E-state index < -0.39 is 12.1 Å². The largest absolute Gasteiger partial charge is 0.481 e. The van der Waals surface area contributed by atoms with Gasteiger partial charge in [0.15, 0.2) is 0 Å². The van der Waals surface area contributed by atoms with Crippen LogP contribution in [-0.2, 0) is 4.79 Å². The van der Waals surface area contributed by atoms with Crippen molar-refractivity contribution in [1.29, 1.82) is 0 Å². The van der Waals surface area contributed by atoms with E-state index in [4.69, 9.17) is 5.11 Å². The van der Waals surface area contributed by atoms with Crippen LogP contribution >= 0.6 is 0 Å². The fraction of sp³-hybridized carbons (Fsp3) is 0.722. The zero-order valence-corrected chi connectivity index (χ0v) is 13.5. The second-order valence-electron chi connectivity index (χ2n) is 5.60. The SMILES string of the molecule is CCCCCCCCCCCC=C/C=C/C(O)CC(=O)O. The molecule has 0 spiro atoms. The summed E-state index contributed by atoms with van der Waals surface area (Å²) in [5.74, 6) is -0.981. The molecule has 1 atom stereocenters. The maximum Gasteiger partial charge on any atom is 0.306 e. The number of hydrogen-bond acceptors (Lipinski definition) is 2. The Morgan fingerprint density at radius 3 is 2.10 bits per heavy atom. The number of carbonyl (C=O) groups is 1. The average Bonchev–Trinajstić information content (AvgIpc) is 2.43. The molecule has 0 aromatic carbocycles. The Balaban J connectivity index is 3.32. The monoisotopic (exact) mass is 296 g/mol. The molecule has 0 rings (SSSR count). The lowest BCUT2D eigenvalue weighted by molar-refractivity contribution is -0.138. The van der Waals surface area contributed by atoms with Crippen LogP contribution in [0.3, 0.4) is 0 Å². The summed E-state index contributed by atoms with van der Waals surface area (Å²) in [7, 11) is 0. The molecule has 0 aromatic rings. The quantitative estimate of drug-likeness (QED) is 0.355. The maximum atomic E-state index is 10.3. The highest BCUT2D eigenvalue weighted by molar-refractivity contribution is 5.67. The standard InChI is InChI=1S/C18H32O3/c1-2-3-4-5-6-7-8-9-10-11-12-13-14-15-17(19)16-18(20)21/h12-15,17,19H,2-11,16H2,1H3,(H,20,21)/b13-12?,15-14+. The predicted octanol–water partition coefficient (Wildman–Crippen LogP) is 4.86. The highest BCUT2D eigenvalue weighted by atomic mass is 16.4. The summed E-state index contributed by atoms with van der Waals surface area (Å²) in [4.78, 5) is 10.3. The Morgan fingerprint density at radius 1 is 0.952 bits per heavy atom. The lowest BCUT2D eigenvalue weighted by atomic mass is 10.1. The third-order valence-electron chi connectivity index (χ3n) is 3.44. The Kier molecular flexibility index (Phi) is 14.5. The zero-order valence-electron chi connectivity index (χ0n) is 13.5. The third-order valence-corrected chi connectivity index (χ3v) is 3.44. The first-order chi connectivity index (χ1) is 10.2. The molecule has 21 heavy (non-hydrogen) atoms. The van der Waals surface area contributed by atoms with Crippen molar-refractivity contribution in [2.75, 3.05) is 0 Å². The van der Waals surface area contributed by atoms with Gasteiger partial charge in [-0.1, -0.05) is 82.6 Å². The van der Waals surface area contributed by atoms with E-state index in [0.717, 1.165) is 6.42 Å². The van der Waals surface area contributed by atoms with Crippen molar-refractivity contribution in [2.45, 2.75) is 83.7 Å². The molecular formula is C18H32O3. The van der Waals surface area contributed by atoms with E-state index in [-0.39, 0.29) is 6.42 Å². The highest BCUT2D eigenvalue weighted by Crippen LogP contribution is 2.10. The molecule has 2 N–H and O–H groups in total. The molecule has 3 nitrogen and oxygen atoms in total. The smallest absolute Gasteiger partial charge is 0.306 e. The van der Waals surface area contributed by atoms with Crippen molar-refractivity contribution in [3.8, 4) is 0 Å². The normalized spacial score (nSPS) is 13.2.